The first-order valence-corrected chi connectivity index (χ1v) is 8.77. The van der Waals surface area contributed by atoms with Gasteiger partial charge in [0.25, 0.3) is 5.91 Å². The predicted octanol–water partition coefficient (Wildman–Crippen LogP) is 5.22. The molecule has 1 heterocycles. The lowest BCUT2D eigenvalue weighted by Crippen LogP contribution is -2.21. The average Bonchev–Trinajstić information content (AvgIpc) is 2.56. The highest BCUT2D eigenvalue weighted by molar-refractivity contribution is 6.38. The van der Waals surface area contributed by atoms with Gasteiger partial charge in [0.05, 0.1) is 26.6 Å². The Morgan fingerprint density at radius 3 is 2.58 bits per heavy atom. The quantitative estimate of drug-likeness (QED) is 0.640. The fourth-order valence-electron chi connectivity index (χ4n) is 2.57. The minimum absolute atomic E-state index is 0.223. The summed E-state index contributed by atoms with van der Waals surface area (Å²) in [5.74, 6) is -0.139. The lowest BCUT2D eigenvalue weighted by Gasteiger charge is -2.12. The minimum atomic E-state index is -0.362. The number of benzene rings is 2. The van der Waals surface area contributed by atoms with Gasteiger partial charge in [0, 0.05) is 5.02 Å². The van der Waals surface area contributed by atoms with Crippen molar-refractivity contribution in [1.29, 1.82) is 0 Å². The third-order valence-corrected chi connectivity index (χ3v) is 4.46. The van der Waals surface area contributed by atoms with Crippen molar-refractivity contribution in [3.05, 3.63) is 56.8 Å². The van der Waals surface area contributed by atoms with Crippen molar-refractivity contribution in [2.45, 2.75) is 13.8 Å². The third kappa shape index (κ3) is 4.01. The van der Waals surface area contributed by atoms with Crippen LogP contribution in [-0.4, -0.2) is 22.5 Å². The number of nitrogens with zero attached hydrogens (tertiary/aromatic N) is 2. The SMILES string of the molecule is Cc1cc(C)c(NC(=O)COc2ncnc3c(Cl)cc(Cl)cc23)c(Cl)c1. The zero-order valence-electron chi connectivity index (χ0n) is 13.9. The van der Waals surface area contributed by atoms with Crippen LogP contribution in [0.3, 0.4) is 0 Å². The number of carbonyl (C=O) groups excluding carboxylic acids is 1. The van der Waals surface area contributed by atoms with Crippen LogP contribution in [-0.2, 0) is 4.79 Å². The Bertz CT molecular complexity index is 985. The molecule has 0 saturated heterocycles. The number of aryl methyl sites for hydroxylation is 2. The second-order valence-electron chi connectivity index (χ2n) is 5.74. The summed E-state index contributed by atoms with van der Waals surface area (Å²) in [6.45, 7) is 3.56. The summed E-state index contributed by atoms with van der Waals surface area (Å²) in [7, 11) is 0. The maximum atomic E-state index is 12.3. The molecule has 26 heavy (non-hydrogen) atoms. The zero-order valence-corrected chi connectivity index (χ0v) is 16.2. The normalized spacial score (nSPS) is 10.8. The highest BCUT2D eigenvalue weighted by atomic mass is 35.5. The maximum absolute atomic E-state index is 12.3. The number of aromatic nitrogens is 2. The van der Waals surface area contributed by atoms with Crippen LogP contribution in [0.25, 0.3) is 10.9 Å². The molecule has 0 radical (unpaired) electrons. The molecule has 134 valence electrons. The minimum Gasteiger partial charge on any atom is -0.467 e. The van der Waals surface area contributed by atoms with E-state index >= 15 is 0 Å². The van der Waals surface area contributed by atoms with E-state index in [2.05, 4.69) is 15.3 Å². The van der Waals surface area contributed by atoms with E-state index in [0.29, 0.717) is 31.7 Å². The molecule has 0 atom stereocenters. The summed E-state index contributed by atoms with van der Waals surface area (Å²) in [6, 6.07) is 6.94. The molecule has 1 N–H and O–H groups in total. The van der Waals surface area contributed by atoms with Crippen molar-refractivity contribution in [2.75, 3.05) is 11.9 Å². The summed E-state index contributed by atoms with van der Waals surface area (Å²) >= 11 is 18.4. The molecule has 0 bridgehead atoms. The molecule has 0 aliphatic carbocycles. The number of hydrogen-bond donors (Lipinski definition) is 1. The predicted molar refractivity (Wildman–Crippen MR) is 105 cm³/mol. The first-order chi connectivity index (χ1) is 12.3. The lowest BCUT2D eigenvalue weighted by atomic mass is 10.1. The number of rotatable bonds is 4. The van der Waals surface area contributed by atoms with Gasteiger partial charge in [-0.1, -0.05) is 40.9 Å². The molecule has 0 aliphatic rings. The van der Waals surface area contributed by atoms with Gasteiger partial charge < -0.3 is 10.1 Å². The van der Waals surface area contributed by atoms with Gasteiger partial charge in [0.1, 0.15) is 6.33 Å². The van der Waals surface area contributed by atoms with Crippen molar-refractivity contribution in [2.24, 2.45) is 0 Å². The molecule has 0 saturated carbocycles. The molecular weight excluding hydrogens is 397 g/mol. The van der Waals surface area contributed by atoms with Crippen LogP contribution in [0.4, 0.5) is 5.69 Å². The second-order valence-corrected chi connectivity index (χ2v) is 6.99. The van der Waals surface area contributed by atoms with Gasteiger partial charge in [-0.15, -0.1) is 0 Å². The van der Waals surface area contributed by atoms with Gasteiger partial charge in [-0.25, -0.2) is 9.97 Å². The van der Waals surface area contributed by atoms with Gasteiger partial charge in [-0.3, -0.25) is 4.79 Å². The summed E-state index contributed by atoms with van der Waals surface area (Å²) in [6.07, 6.45) is 1.32. The Balaban J connectivity index is 1.78. The molecule has 5 nitrogen and oxygen atoms in total. The molecule has 3 aromatic rings. The first kappa shape index (κ1) is 18.7. The molecular formula is C18H14Cl3N3O2. The molecule has 1 aromatic heterocycles. The number of anilines is 1. The summed E-state index contributed by atoms with van der Waals surface area (Å²) in [4.78, 5) is 20.4. The number of fused-ring (bicyclic) bond motifs is 1. The van der Waals surface area contributed by atoms with Gasteiger partial charge in [-0.2, -0.15) is 0 Å². The Labute approximate surface area is 165 Å². The Morgan fingerprint density at radius 2 is 1.85 bits per heavy atom. The average molecular weight is 411 g/mol. The largest absolute Gasteiger partial charge is 0.467 e. The maximum Gasteiger partial charge on any atom is 0.262 e. The molecule has 0 spiro atoms. The highest BCUT2D eigenvalue weighted by Gasteiger charge is 2.13. The number of carbonyl (C=O) groups is 1. The number of halogens is 3. The van der Waals surface area contributed by atoms with E-state index < -0.39 is 0 Å². The van der Waals surface area contributed by atoms with Crippen molar-refractivity contribution < 1.29 is 9.53 Å². The van der Waals surface area contributed by atoms with Crippen LogP contribution in [0, 0.1) is 13.8 Å². The van der Waals surface area contributed by atoms with E-state index in [1.807, 2.05) is 19.9 Å². The Morgan fingerprint density at radius 1 is 1.08 bits per heavy atom. The van der Waals surface area contributed by atoms with Crippen LogP contribution < -0.4 is 10.1 Å². The summed E-state index contributed by atoms with van der Waals surface area (Å²) in [5, 5.41) is 4.56. The second kappa shape index (κ2) is 7.66. The van der Waals surface area contributed by atoms with Gasteiger partial charge in [-0.05, 0) is 43.2 Å². The third-order valence-electron chi connectivity index (χ3n) is 3.66. The first-order valence-electron chi connectivity index (χ1n) is 7.64. The molecule has 8 heteroatoms. The van der Waals surface area contributed by atoms with Gasteiger partial charge in [0.15, 0.2) is 6.61 Å². The van der Waals surface area contributed by atoms with E-state index in [1.54, 1.807) is 18.2 Å². The smallest absolute Gasteiger partial charge is 0.262 e. The molecule has 3 rings (SSSR count). The number of nitrogens with one attached hydrogen (secondary N) is 1. The van der Waals surface area contributed by atoms with Crippen molar-refractivity contribution in [1.82, 2.24) is 9.97 Å². The van der Waals surface area contributed by atoms with E-state index in [0.717, 1.165) is 11.1 Å². The van der Waals surface area contributed by atoms with E-state index in [4.69, 9.17) is 39.5 Å². The fourth-order valence-corrected chi connectivity index (χ4v) is 3.48. The fraction of sp³-hybridized carbons (Fsp3) is 0.167. The molecule has 1 amide bonds. The molecule has 0 aliphatic heterocycles. The monoisotopic (exact) mass is 409 g/mol. The number of amides is 1. The lowest BCUT2D eigenvalue weighted by molar-refractivity contribution is -0.118. The van der Waals surface area contributed by atoms with Crippen LogP contribution in [0.5, 0.6) is 5.88 Å². The standard InChI is InChI=1S/C18H14Cl3N3O2/c1-9-3-10(2)16(13(20)4-9)24-15(25)7-26-18-12-5-11(19)6-14(21)17(12)22-8-23-18/h3-6,8H,7H2,1-2H3,(H,24,25). The van der Waals surface area contributed by atoms with Crippen molar-refractivity contribution >= 4 is 57.3 Å². The topological polar surface area (TPSA) is 64.1 Å². The van der Waals surface area contributed by atoms with E-state index in [1.165, 1.54) is 6.33 Å². The molecule has 2 aromatic carbocycles. The molecule has 0 fully saturated rings. The number of ether oxygens (including phenoxy) is 1. The molecule has 0 unspecified atom stereocenters. The van der Waals surface area contributed by atoms with Crippen LogP contribution in [0.15, 0.2) is 30.6 Å². The van der Waals surface area contributed by atoms with E-state index in [9.17, 15) is 4.79 Å². The van der Waals surface area contributed by atoms with Crippen molar-refractivity contribution in [3.63, 3.8) is 0 Å². The Kier molecular flexibility index (Phi) is 5.51. The van der Waals surface area contributed by atoms with Crippen molar-refractivity contribution in [3.8, 4) is 5.88 Å². The Hall–Kier alpha value is -2.08. The van der Waals surface area contributed by atoms with Gasteiger partial charge >= 0.3 is 0 Å². The van der Waals surface area contributed by atoms with E-state index in [-0.39, 0.29) is 18.4 Å². The van der Waals surface area contributed by atoms with Gasteiger partial charge in [0.2, 0.25) is 5.88 Å². The van der Waals surface area contributed by atoms with Crippen LogP contribution in [0.1, 0.15) is 11.1 Å². The highest BCUT2D eigenvalue weighted by Crippen LogP contribution is 2.31. The number of hydrogen-bond acceptors (Lipinski definition) is 4. The summed E-state index contributed by atoms with van der Waals surface area (Å²) < 4.78 is 5.54. The van der Waals surface area contributed by atoms with Crippen LogP contribution >= 0.6 is 34.8 Å². The van der Waals surface area contributed by atoms with Crippen LogP contribution in [0.2, 0.25) is 15.1 Å². The zero-order chi connectivity index (χ0) is 18.8. The summed E-state index contributed by atoms with van der Waals surface area (Å²) in [5.41, 5.74) is 2.95.